The molecule has 0 aliphatic carbocycles. The highest BCUT2D eigenvalue weighted by molar-refractivity contribution is 8.13. The summed E-state index contributed by atoms with van der Waals surface area (Å²) in [6.45, 7) is 1.53. The van der Waals surface area contributed by atoms with E-state index in [4.69, 9.17) is 5.11 Å². The summed E-state index contributed by atoms with van der Waals surface area (Å²) in [4.78, 5) is 14.7. The van der Waals surface area contributed by atoms with Gasteiger partial charge < -0.3 is 5.11 Å². The molecule has 76 valence electrons. The molecule has 0 aliphatic rings. The number of aliphatic hydroxyl groups is 1. The van der Waals surface area contributed by atoms with Crippen molar-refractivity contribution >= 4 is 34.3 Å². The van der Waals surface area contributed by atoms with E-state index in [0.29, 0.717) is 11.4 Å². The quantitative estimate of drug-likeness (QED) is 0.857. The van der Waals surface area contributed by atoms with Gasteiger partial charge >= 0.3 is 0 Å². The van der Waals surface area contributed by atoms with Crippen molar-refractivity contribution in [3.05, 3.63) is 22.2 Å². The third kappa shape index (κ3) is 4.04. The van der Waals surface area contributed by atoms with E-state index in [0.717, 1.165) is 5.01 Å². The first kappa shape index (κ1) is 11.4. The number of carbonyl (C=O) groups excluding carboxylic acids is 1. The first-order valence-electron chi connectivity index (χ1n) is 4.07. The summed E-state index contributed by atoms with van der Waals surface area (Å²) in [7, 11) is 0. The SMILES string of the molecule is CC(=O)SCC=Cc1nc(CO)cs1. The van der Waals surface area contributed by atoms with E-state index >= 15 is 0 Å². The fourth-order valence-corrected chi connectivity index (χ4v) is 1.94. The van der Waals surface area contributed by atoms with Crippen LogP contribution in [0, 0.1) is 0 Å². The maximum absolute atomic E-state index is 10.6. The van der Waals surface area contributed by atoms with Crippen LogP contribution in [0.3, 0.4) is 0 Å². The Morgan fingerprint density at radius 1 is 1.79 bits per heavy atom. The van der Waals surface area contributed by atoms with E-state index < -0.39 is 0 Å². The number of hydrogen-bond donors (Lipinski definition) is 1. The van der Waals surface area contributed by atoms with Crippen LogP contribution in [0.2, 0.25) is 0 Å². The molecule has 0 amide bonds. The number of carbonyl (C=O) groups is 1. The highest BCUT2D eigenvalue weighted by Gasteiger charge is 1.96. The van der Waals surface area contributed by atoms with Gasteiger partial charge in [-0.25, -0.2) is 4.98 Å². The number of aliphatic hydroxyl groups excluding tert-OH is 1. The van der Waals surface area contributed by atoms with Gasteiger partial charge in [-0.1, -0.05) is 17.8 Å². The Bertz CT molecular complexity index is 333. The Balaban J connectivity index is 2.39. The number of thioether (sulfide) groups is 1. The number of hydrogen-bond acceptors (Lipinski definition) is 5. The highest BCUT2D eigenvalue weighted by Crippen LogP contribution is 2.12. The van der Waals surface area contributed by atoms with Gasteiger partial charge in [0.05, 0.1) is 12.3 Å². The maximum Gasteiger partial charge on any atom is 0.186 e. The number of nitrogens with zero attached hydrogens (tertiary/aromatic N) is 1. The lowest BCUT2D eigenvalue weighted by molar-refractivity contribution is -0.109. The van der Waals surface area contributed by atoms with E-state index in [1.165, 1.54) is 23.1 Å². The van der Waals surface area contributed by atoms with Crippen LogP contribution in [0.25, 0.3) is 6.08 Å². The Labute approximate surface area is 90.9 Å². The molecule has 1 rings (SSSR count). The standard InChI is InChI=1S/C9H11NO2S2/c1-7(12)13-4-2-3-9-10-8(5-11)6-14-9/h2-3,6,11H,4-5H2,1H3. The van der Waals surface area contributed by atoms with E-state index in [-0.39, 0.29) is 11.7 Å². The van der Waals surface area contributed by atoms with Crippen LogP contribution in [0.5, 0.6) is 0 Å². The van der Waals surface area contributed by atoms with Crippen LogP contribution >= 0.6 is 23.1 Å². The fraction of sp³-hybridized carbons (Fsp3) is 0.333. The minimum Gasteiger partial charge on any atom is -0.390 e. The Hall–Kier alpha value is -0.650. The topological polar surface area (TPSA) is 50.2 Å². The monoisotopic (exact) mass is 229 g/mol. The largest absolute Gasteiger partial charge is 0.390 e. The molecular formula is C9H11NO2S2. The second-order valence-electron chi connectivity index (χ2n) is 2.54. The van der Waals surface area contributed by atoms with E-state index in [1.54, 1.807) is 6.92 Å². The molecule has 1 heterocycles. The molecule has 0 spiro atoms. The molecule has 0 unspecified atom stereocenters. The molecule has 0 aliphatic heterocycles. The maximum atomic E-state index is 10.6. The van der Waals surface area contributed by atoms with Gasteiger partial charge in [0.15, 0.2) is 5.12 Å². The van der Waals surface area contributed by atoms with Crippen LogP contribution < -0.4 is 0 Å². The van der Waals surface area contributed by atoms with Gasteiger partial charge in [-0.2, -0.15) is 0 Å². The number of rotatable bonds is 4. The Kier molecular flexibility index (Phi) is 4.86. The molecule has 14 heavy (non-hydrogen) atoms. The van der Waals surface area contributed by atoms with E-state index in [9.17, 15) is 4.79 Å². The van der Waals surface area contributed by atoms with Gasteiger partial charge in [0, 0.05) is 18.1 Å². The number of aromatic nitrogens is 1. The van der Waals surface area contributed by atoms with Crippen LogP contribution in [-0.4, -0.2) is 21.0 Å². The van der Waals surface area contributed by atoms with Gasteiger partial charge in [0.1, 0.15) is 5.01 Å². The molecular weight excluding hydrogens is 218 g/mol. The van der Waals surface area contributed by atoms with Crippen LogP contribution in [0.4, 0.5) is 0 Å². The van der Waals surface area contributed by atoms with Gasteiger partial charge in [0.2, 0.25) is 0 Å². The molecule has 1 aromatic rings. The summed E-state index contributed by atoms with van der Waals surface area (Å²) in [5, 5.41) is 11.6. The predicted molar refractivity (Wildman–Crippen MR) is 60.2 cm³/mol. The second-order valence-corrected chi connectivity index (χ2v) is 4.63. The first-order valence-corrected chi connectivity index (χ1v) is 5.94. The summed E-state index contributed by atoms with van der Waals surface area (Å²) >= 11 is 2.75. The fourth-order valence-electron chi connectivity index (χ4n) is 0.786. The normalized spacial score (nSPS) is 11.0. The smallest absolute Gasteiger partial charge is 0.186 e. The van der Waals surface area contributed by atoms with Crippen LogP contribution in [0.15, 0.2) is 11.5 Å². The van der Waals surface area contributed by atoms with Crippen molar-refractivity contribution in [2.24, 2.45) is 0 Å². The van der Waals surface area contributed by atoms with Crippen molar-refractivity contribution in [2.75, 3.05) is 5.75 Å². The highest BCUT2D eigenvalue weighted by atomic mass is 32.2. The zero-order valence-electron chi connectivity index (χ0n) is 7.77. The molecule has 0 fully saturated rings. The van der Waals surface area contributed by atoms with Crippen molar-refractivity contribution in [1.82, 2.24) is 4.98 Å². The molecule has 5 heteroatoms. The molecule has 3 nitrogen and oxygen atoms in total. The van der Waals surface area contributed by atoms with Gasteiger partial charge in [-0.05, 0) is 6.08 Å². The van der Waals surface area contributed by atoms with Crippen LogP contribution in [-0.2, 0) is 11.4 Å². The lowest BCUT2D eigenvalue weighted by Crippen LogP contribution is -1.82. The summed E-state index contributed by atoms with van der Waals surface area (Å²) in [5.41, 5.74) is 0.689. The van der Waals surface area contributed by atoms with Gasteiger partial charge in [-0.15, -0.1) is 11.3 Å². The van der Waals surface area contributed by atoms with Gasteiger partial charge in [0.25, 0.3) is 0 Å². The van der Waals surface area contributed by atoms with Gasteiger partial charge in [-0.3, -0.25) is 4.79 Å². The number of thiazole rings is 1. The summed E-state index contributed by atoms with van der Waals surface area (Å²) in [5.74, 6) is 0.670. The molecule has 0 bridgehead atoms. The molecule has 0 atom stereocenters. The van der Waals surface area contributed by atoms with Crippen molar-refractivity contribution in [2.45, 2.75) is 13.5 Å². The predicted octanol–water partition coefficient (Wildman–Crippen LogP) is 1.93. The van der Waals surface area contributed by atoms with Crippen molar-refractivity contribution < 1.29 is 9.90 Å². The Morgan fingerprint density at radius 3 is 3.14 bits per heavy atom. The third-order valence-corrected chi connectivity index (χ3v) is 3.00. The lowest BCUT2D eigenvalue weighted by Gasteiger charge is -1.87. The molecule has 0 aromatic carbocycles. The zero-order valence-corrected chi connectivity index (χ0v) is 9.40. The van der Waals surface area contributed by atoms with E-state index in [2.05, 4.69) is 4.98 Å². The van der Waals surface area contributed by atoms with Crippen LogP contribution in [0.1, 0.15) is 17.6 Å². The molecule has 0 saturated heterocycles. The Morgan fingerprint density at radius 2 is 2.57 bits per heavy atom. The third-order valence-electron chi connectivity index (χ3n) is 1.37. The average Bonchev–Trinajstić information content (AvgIpc) is 2.60. The minimum absolute atomic E-state index is 0.0213. The summed E-state index contributed by atoms with van der Waals surface area (Å²) in [6, 6.07) is 0. The minimum atomic E-state index is -0.0213. The summed E-state index contributed by atoms with van der Waals surface area (Å²) < 4.78 is 0. The van der Waals surface area contributed by atoms with Crippen molar-refractivity contribution in [1.29, 1.82) is 0 Å². The van der Waals surface area contributed by atoms with Crippen molar-refractivity contribution in [3.63, 3.8) is 0 Å². The molecule has 0 radical (unpaired) electrons. The molecule has 0 saturated carbocycles. The lowest BCUT2D eigenvalue weighted by atomic mass is 10.5. The molecule has 1 N–H and O–H groups in total. The van der Waals surface area contributed by atoms with E-state index in [1.807, 2.05) is 17.5 Å². The molecule has 1 aromatic heterocycles. The zero-order chi connectivity index (χ0) is 10.4. The summed E-state index contributed by atoms with van der Waals surface area (Å²) in [6.07, 6.45) is 3.76. The first-order chi connectivity index (χ1) is 6.72. The second kappa shape index (κ2) is 5.95. The van der Waals surface area contributed by atoms with Crippen molar-refractivity contribution in [3.8, 4) is 0 Å². The average molecular weight is 229 g/mol.